The summed E-state index contributed by atoms with van der Waals surface area (Å²) in [5.74, 6) is 0. The number of hydrogen-bond acceptors (Lipinski definition) is 0. The molecule has 0 unspecified atom stereocenters. The molecular formula is C20H18Si. The fourth-order valence-electron chi connectivity index (χ4n) is 3.35. The summed E-state index contributed by atoms with van der Waals surface area (Å²) < 4.78 is 0. The Kier molecular flexibility index (Phi) is 2.83. The Labute approximate surface area is 127 Å². The van der Waals surface area contributed by atoms with Gasteiger partial charge >= 0.3 is 0 Å². The predicted octanol–water partition coefficient (Wildman–Crippen LogP) is 4.30. The van der Waals surface area contributed by atoms with Crippen LogP contribution >= 0.6 is 0 Å². The van der Waals surface area contributed by atoms with Crippen LogP contribution in [0.3, 0.4) is 0 Å². The van der Waals surface area contributed by atoms with Crippen molar-refractivity contribution in [3.63, 3.8) is 0 Å². The van der Waals surface area contributed by atoms with E-state index < -0.39 is 0 Å². The van der Waals surface area contributed by atoms with Gasteiger partial charge in [0.1, 0.15) is 0 Å². The normalized spacial score (nSPS) is 13.3. The van der Waals surface area contributed by atoms with Gasteiger partial charge in [-0.1, -0.05) is 71.1 Å². The van der Waals surface area contributed by atoms with Crippen LogP contribution in [0.1, 0.15) is 13.8 Å². The second-order valence-corrected chi connectivity index (χ2v) is 8.12. The molecular weight excluding hydrogens is 268 g/mol. The number of hydrogen-bond donors (Lipinski definition) is 0. The Morgan fingerprint density at radius 2 is 1.43 bits per heavy atom. The summed E-state index contributed by atoms with van der Waals surface area (Å²) in [7, 11) is -0.342. The first-order valence-corrected chi connectivity index (χ1v) is 8.96. The van der Waals surface area contributed by atoms with Gasteiger partial charge in [-0.2, -0.15) is 0 Å². The molecule has 0 heterocycles. The summed E-state index contributed by atoms with van der Waals surface area (Å²) in [5.41, 5.74) is 0. The third kappa shape index (κ3) is 1.89. The monoisotopic (exact) mass is 286 g/mol. The van der Waals surface area contributed by atoms with Gasteiger partial charge in [0.15, 0.2) is 0 Å². The molecule has 4 rings (SSSR count). The minimum Gasteiger partial charge on any atom is -0.0928 e. The summed E-state index contributed by atoms with van der Waals surface area (Å²) in [6.07, 6.45) is 2.27. The highest BCUT2D eigenvalue weighted by Crippen LogP contribution is 2.33. The van der Waals surface area contributed by atoms with E-state index in [0.717, 1.165) is 0 Å². The third-order valence-electron chi connectivity index (χ3n) is 4.58. The molecule has 0 atom stereocenters. The van der Waals surface area contributed by atoms with Crippen LogP contribution in [0.15, 0.2) is 65.9 Å². The number of rotatable bonds is 2. The lowest BCUT2D eigenvalue weighted by Gasteiger charge is -2.13. The van der Waals surface area contributed by atoms with E-state index in [0.29, 0.717) is 0 Å². The first-order valence-electron chi connectivity index (χ1n) is 7.55. The smallest absolute Gasteiger partial charge is 0.0824 e. The Morgan fingerprint density at radius 1 is 0.810 bits per heavy atom. The van der Waals surface area contributed by atoms with Crippen LogP contribution in [0.4, 0.5) is 0 Å². The van der Waals surface area contributed by atoms with Crippen molar-refractivity contribution >= 4 is 47.0 Å². The van der Waals surface area contributed by atoms with Crippen LogP contribution in [0.2, 0.25) is 0 Å². The summed E-state index contributed by atoms with van der Waals surface area (Å²) >= 11 is 0. The fourth-order valence-corrected chi connectivity index (χ4v) is 4.88. The minimum absolute atomic E-state index is 0.342. The maximum absolute atomic E-state index is 2.35. The molecule has 0 spiro atoms. The molecule has 0 radical (unpaired) electrons. The molecule has 1 heteroatoms. The second kappa shape index (κ2) is 4.71. The van der Waals surface area contributed by atoms with Gasteiger partial charge in [0, 0.05) is 0 Å². The molecule has 21 heavy (non-hydrogen) atoms. The summed E-state index contributed by atoms with van der Waals surface area (Å²) in [5, 5.41) is 11.6. The van der Waals surface area contributed by atoms with Crippen molar-refractivity contribution in [1.29, 1.82) is 0 Å². The van der Waals surface area contributed by atoms with Gasteiger partial charge in [0.25, 0.3) is 0 Å². The van der Waals surface area contributed by atoms with Crippen LogP contribution in [-0.4, -0.2) is 9.52 Å². The van der Waals surface area contributed by atoms with E-state index in [1.165, 1.54) is 32.3 Å². The van der Waals surface area contributed by atoms with Crippen molar-refractivity contribution < 1.29 is 0 Å². The molecule has 4 aromatic rings. The van der Waals surface area contributed by atoms with E-state index in [2.05, 4.69) is 74.5 Å². The average molecular weight is 286 g/mol. The molecule has 0 aliphatic carbocycles. The quantitative estimate of drug-likeness (QED) is 0.381. The minimum atomic E-state index is -0.342. The zero-order valence-corrected chi connectivity index (χ0v) is 13.9. The zero-order valence-electron chi connectivity index (χ0n) is 12.5. The molecule has 0 N–H and O–H groups in total. The lowest BCUT2D eigenvalue weighted by atomic mass is 9.94. The highest BCUT2D eigenvalue weighted by atomic mass is 28.2. The van der Waals surface area contributed by atoms with Crippen LogP contribution < -0.4 is 5.19 Å². The largest absolute Gasteiger partial charge is 0.0928 e. The standard InChI is InChI=1S/C20H18Si/c1-3-13(2)21-18-12-10-16-8-7-14-5-4-6-15-9-11-17(18)20(16)19(14)15/h3-12H,21H2,1-2H3. The van der Waals surface area contributed by atoms with E-state index in [9.17, 15) is 0 Å². The van der Waals surface area contributed by atoms with Crippen molar-refractivity contribution in [3.05, 3.63) is 65.9 Å². The molecule has 0 saturated carbocycles. The van der Waals surface area contributed by atoms with Gasteiger partial charge < -0.3 is 0 Å². The summed E-state index contributed by atoms with van der Waals surface area (Å²) in [4.78, 5) is 0. The van der Waals surface area contributed by atoms with Gasteiger partial charge in [0.2, 0.25) is 0 Å². The topological polar surface area (TPSA) is 0 Å². The molecule has 0 bridgehead atoms. The fraction of sp³-hybridized carbons (Fsp3) is 0.100. The van der Waals surface area contributed by atoms with Crippen LogP contribution in [-0.2, 0) is 0 Å². The van der Waals surface area contributed by atoms with Gasteiger partial charge in [-0.15, -0.1) is 0 Å². The van der Waals surface area contributed by atoms with E-state index in [1.807, 2.05) is 0 Å². The Morgan fingerprint density at radius 3 is 2.14 bits per heavy atom. The maximum atomic E-state index is 2.35. The molecule has 4 aromatic carbocycles. The second-order valence-electron chi connectivity index (χ2n) is 5.89. The zero-order chi connectivity index (χ0) is 14.4. The lowest BCUT2D eigenvalue weighted by Crippen LogP contribution is -2.16. The Balaban J connectivity index is 2.15. The van der Waals surface area contributed by atoms with Gasteiger partial charge in [-0.25, -0.2) is 0 Å². The first kappa shape index (κ1) is 12.6. The van der Waals surface area contributed by atoms with Crippen molar-refractivity contribution in [2.24, 2.45) is 0 Å². The summed E-state index contributed by atoms with van der Waals surface area (Å²) in [6.45, 7) is 4.42. The molecule has 0 nitrogen and oxygen atoms in total. The van der Waals surface area contributed by atoms with Gasteiger partial charge in [-0.05, 0) is 46.2 Å². The number of benzene rings is 4. The van der Waals surface area contributed by atoms with Gasteiger partial charge in [0.05, 0.1) is 9.52 Å². The molecule has 0 saturated heterocycles. The Hall–Kier alpha value is -2.12. The molecule has 0 amide bonds. The molecule has 0 aliphatic rings. The third-order valence-corrected chi connectivity index (χ3v) is 6.54. The van der Waals surface area contributed by atoms with Crippen LogP contribution in [0.5, 0.6) is 0 Å². The number of allylic oxidation sites excluding steroid dienone is 2. The van der Waals surface area contributed by atoms with E-state index in [1.54, 1.807) is 10.4 Å². The average Bonchev–Trinajstić information content (AvgIpc) is 2.53. The van der Waals surface area contributed by atoms with Crippen molar-refractivity contribution in [2.45, 2.75) is 13.8 Å². The molecule has 0 aliphatic heterocycles. The highest BCUT2D eigenvalue weighted by molar-refractivity contribution is 6.64. The molecule has 0 aromatic heterocycles. The van der Waals surface area contributed by atoms with Crippen LogP contribution in [0, 0.1) is 0 Å². The Bertz CT molecular complexity index is 963. The highest BCUT2D eigenvalue weighted by Gasteiger charge is 2.10. The van der Waals surface area contributed by atoms with Crippen LogP contribution in [0.25, 0.3) is 32.3 Å². The first-order chi connectivity index (χ1) is 10.3. The van der Waals surface area contributed by atoms with Crippen molar-refractivity contribution in [1.82, 2.24) is 0 Å². The van der Waals surface area contributed by atoms with E-state index in [-0.39, 0.29) is 9.52 Å². The lowest BCUT2D eigenvalue weighted by molar-refractivity contribution is 1.57. The maximum Gasteiger partial charge on any atom is 0.0824 e. The SMILES string of the molecule is CC=C(C)[SiH2]c1ccc2ccc3cccc4ccc1c2c34. The van der Waals surface area contributed by atoms with E-state index in [4.69, 9.17) is 0 Å². The summed E-state index contributed by atoms with van der Waals surface area (Å²) in [6, 6.07) is 20.4. The van der Waals surface area contributed by atoms with Gasteiger partial charge in [-0.3, -0.25) is 0 Å². The van der Waals surface area contributed by atoms with Crippen molar-refractivity contribution in [2.75, 3.05) is 0 Å². The van der Waals surface area contributed by atoms with E-state index >= 15 is 0 Å². The molecule has 0 fully saturated rings. The van der Waals surface area contributed by atoms with Crippen molar-refractivity contribution in [3.8, 4) is 0 Å². The predicted molar refractivity (Wildman–Crippen MR) is 97.8 cm³/mol. The molecule has 102 valence electrons.